The molecule has 1 aromatic heterocycles. The first kappa shape index (κ1) is 14.8. The quantitative estimate of drug-likeness (QED) is 0.773. The first-order valence-corrected chi connectivity index (χ1v) is 8.25. The first-order chi connectivity index (χ1) is 11.7. The number of hydrogen-bond donors (Lipinski definition) is 1. The van der Waals surface area contributed by atoms with E-state index in [1.807, 2.05) is 35.4 Å². The Hall–Kier alpha value is -2.75. The maximum Gasteiger partial charge on any atom is 0.254 e. The highest BCUT2D eigenvalue weighted by Gasteiger charge is 2.33. The Morgan fingerprint density at radius 2 is 2.08 bits per heavy atom. The van der Waals surface area contributed by atoms with Crippen molar-refractivity contribution in [1.29, 1.82) is 0 Å². The van der Waals surface area contributed by atoms with Crippen molar-refractivity contribution >= 4 is 16.8 Å². The third-order valence-electron chi connectivity index (χ3n) is 4.54. The molecule has 24 heavy (non-hydrogen) atoms. The molecule has 0 radical (unpaired) electrons. The summed E-state index contributed by atoms with van der Waals surface area (Å²) in [5.74, 6) is 0.788. The van der Waals surface area contributed by atoms with Gasteiger partial charge in [-0.25, -0.2) is 0 Å². The minimum Gasteiger partial charge on any atom is -0.497 e. The number of amides is 1. The van der Waals surface area contributed by atoms with Gasteiger partial charge < -0.3 is 14.6 Å². The van der Waals surface area contributed by atoms with Crippen molar-refractivity contribution < 1.29 is 9.53 Å². The zero-order valence-corrected chi connectivity index (χ0v) is 13.7. The number of fused-ring (bicyclic) bond motifs is 1. The van der Waals surface area contributed by atoms with Crippen molar-refractivity contribution in [3.8, 4) is 5.75 Å². The van der Waals surface area contributed by atoms with E-state index >= 15 is 0 Å². The summed E-state index contributed by atoms with van der Waals surface area (Å²) in [7, 11) is 1.62. The van der Waals surface area contributed by atoms with E-state index in [1.165, 1.54) is 5.39 Å². The fourth-order valence-electron chi connectivity index (χ4n) is 3.07. The maximum absolute atomic E-state index is 13.0. The largest absolute Gasteiger partial charge is 0.497 e. The topological polar surface area (TPSA) is 45.3 Å². The van der Waals surface area contributed by atoms with Crippen LogP contribution >= 0.6 is 0 Å². The van der Waals surface area contributed by atoms with Crippen LogP contribution in [0.3, 0.4) is 0 Å². The molecule has 1 aliphatic rings. The highest BCUT2D eigenvalue weighted by atomic mass is 16.5. The zero-order valence-electron chi connectivity index (χ0n) is 13.7. The van der Waals surface area contributed by atoms with E-state index in [0.717, 1.165) is 23.9 Å². The highest BCUT2D eigenvalue weighted by molar-refractivity contribution is 5.95. The molecule has 0 saturated heterocycles. The maximum atomic E-state index is 13.0. The summed E-state index contributed by atoms with van der Waals surface area (Å²) < 4.78 is 5.24. The Morgan fingerprint density at radius 3 is 2.88 bits per heavy atom. The molecule has 4 rings (SSSR count). The van der Waals surface area contributed by atoms with Gasteiger partial charge in [-0.2, -0.15) is 0 Å². The fraction of sp³-hybridized carbons (Fsp3) is 0.250. The first-order valence-electron chi connectivity index (χ1n) is 8.25. The highest BCUT2D eigenvalue weighted by Crippen LogP contribution is 2.31. The van der Waals surface area contributed by atoms with Crippen LogP contribution in [0.5, 0.6) is 5.75 Å². The van der Waals surface area contributed by atoms with Gasteiger partial charge >= 0.3 is 0 Å². The van der Waals surface area contributed by atoms with E-state index in [1.54, 1.807) is 7.11 Å². The normalized spacial score (nSPS) is 13.9. The number of aromatic amines is 1. The summed E-state index contributed by atoms with van der Waals surface area (Å²) >= 11 is 0. The van der Waals surface area contributed by atoms with Crippen molar-refractivity contribution in [2.24, 2.45) is 0 Å². The van der Waals surface area contributed by atoms with E-state index in [2.05, 4.69) is 29.2 Å². The van der Waals surface area contributed by atoms with Crippen LogP contribution in [0, 0.1) is 0 Å². The molecule has 122 valence electrons. The van der Waals surface area contributed by atoms with Crippen LogP contribution in [0.1, 0.15) is 28.8 Å². The summed E-state index contributed by atoms with van der Waals surface area (Å²) in [4.78, 5) is 18.2. The Kier molecular flexibility index (Phi) is 3.73. The molecule has 1 aliphatic carbocycles. The van der Waals surface area contributed by atoms with Crippen LogP contribution in [0.2, 0.25) is 0 Å². The molecule has 0 aliphatic heterocycles. The van der Waals surface area contributed by atoms with Crippen molar-refractivity contribution in [3.05, 3.63) is 65.9 Å². The Labute approximate surface area is 141 Å². The van der Waals surface area contributed by atoms with E-state index in [-0.39, 0.29) is 5.91 Å². The number of carbonyl (C=O) groups excluding carboxylic acids is 1. The SMILES string of the molecule is COc1cccc(C(=O)N(Cc2ccc3[nH]ccc3c2)C2CC2)c1. The van der Waals surface area contributed by atoms with Gasteiger partial charge in [0.2, 0.25) is 0 Å². The number of benzene rings is 2. The monoisotopic (exact) mass is 320 g/mol. The van der Waals surface area contributed by atoms with E-state index in [0.29, 0.717) is 23.9 Å². The molecule has 1 N–H and O–H groups in total. The van der Waals surface area contributed by atoms with Crippen molar-refractivity contribution in [2.75, 3.05) is 7.11 Å². The molecule has 4 nitrogen and oxygen atoms in total. The summed E-state index contributed by atoms with van der Waals surface area (Å²) in [5, 5.41) is 1.18. The molecule has 1 heterocycles. The fourth-order valence-corrected chi connectivity index (χ4v) is 3.07. The van der Waals surface area contributed by atoms with Gasteiger partial charge in [0.25, 0.3) is 5.91 Å². The minimum absolute atomic E-state index is 0.0746. The molecule has 1 fully saturated rings. The van der Waals surface area contributed by atoms with Gasteiger partial charge in [-0.15, -0.1) is 0 Å². The third-order valence-corrected chi connectivity index (χ3v) is 4.54. The molecule has 1 amide bonds. The lowest BCUT2D eigenvalue weighted by Crippen LogP contribution is -2.32. The predicted octanol–water partition coefficient (Wildman–Crippen LogP) is 3.98. The van der Waals surface area contributed by atoms with Crippen molar-refractivity contribution in [3.63, 3.8) is 0 Å². The molecule has 0 bridgehead atoms. The Bertz CT molecular complexity index is 880. The van der Waals surface area contributed by atoms with Crippen LogP contribution in [0.25, 0.3) is 10.9 Å². The number of H-pyrrole nitrogens is 1. The summed E-state index contributed by atoms with van der Waals surface area (Å²) in [5.41, 5.74) is 2.96. The van der Waals surface area contributed by atoms with E-state index in [4.69, 9.17) is 4.74 Å². The Balaban J connectivity index is 1.60. The van der Waals surface area contributed by atoms with Crippen LogP contribution in [0.15, 0.2) is 54.7 Å². The lowest BCUT2D eigenvalue weighted by molar-refractivity contribution is 0.0729. The van der Waals surface area contributed by atoms with E-state index < -0.39 is 0 Å². The van der Waals surface area contributed by atoms with Gasteiger partial charge in [-0.1, -0.05) is 12.1 Å². The second-order valence-corrected chi connectivity index (χ2v) is 6.30. The van der Waals surface area contributed by atoms with Gasteiger partial charge in [-0.3, -0.25) is 4.79 Å². The Morgan fingerprint density at radius 1 is 1.21 bits per heavy atom. The number of hydrogen-bond acceptors (Lipinski definition) is 2. The average Bonchev–Trinajstić information content (AvgIpc) is 3.36. The smallest absolute Gasteiger partial charge is 0.254 e. The van der Waals surface area contributed by atoms with Gasteiger partial charge in [0.1, 0.15) is 5.75 Å². The zero-order chi connectivity index (χ0) is 16.5. The van der Waals surface area contributed by atoms with Crippen LogP contribution in [0.4, 0.5) is 0 Å². The van der Waals surface area contributed by atoms with Gasteiger partial charge in [-0.05, 0) is 60.2 Å². The van der Waals surface area contributed by atoms with Crippen molar-refractivity contribution in [1.82, 2.24) is 9.88 Å². The number of ether oxygens (including phenoxy) is 1. The molecule has 3 aromatic rings. The van der Waals surface area contributed by atoms with Gasteiger partial charge in [0.15, 0.2) is 0 Å². The second-order valence-electron chi connectivity index (χ2n) is 6.30. The summed E-state index contributed by atoms with van der Waals surface area (Å²) in [6, 6.07) is 16.1. The van der Waals surface area contributed by atoms with Crippen LogP contribution in [-0.2, 0) is 6.54 Å². The predicted molar refractivity (Wildman–Crippen MR) is 94.2 cm³/mol. The lowest BCUT2D eigenvalue weighted by Gasteiger charge is -2.23. The summed E-state index contributed by atoms with van der Waals surface area (Å²) in [6.45, 7) is 0.641. The lowest BCUT2D eigenvalue weighted by atomic mass is 10.1. The number of nitrogens with one attached hydrogen (secondary N) is 1. The standard InChI is InChI=1S/C20H20N2O2/c1-24-18-4-2-3-16(12-18)20(23)22(17-6-7-17)13-14-5-8-19-15(11-14)9-10-21-19/h2-5,8-12,17,21H,6-7,13H2,1H3. The van der Waals surface area contributed by atoms with Crippen molar-refractivity contribution in [2.45, 2.75) is 25.4 Å². The molecule has 0 atom stereocenters. The molecule has 1 saturated carbocycles. The molecule has 0 unspecified atom stereocenters. The van der Waals surface area contributed by atoms with E-state index in [9.17, 15) is 4.79 Å². The van der Waals surface area contributed by atoms with Crippen LogP contribution in [-0.4, -0.2) is 28.9 Å². The minimum atomic E-state index is 0.0746. The number of rotatable bonds is 5. The molecular formula is C20H20N2O2. The number of methoxy groups -OCH3 is 1. The second kappa shape index (κ2) is 6.04. The molecule has 2 aromatic carbocycles. The number of nitrogens with zero attached hydrogens (tertiary/aromatic N) is 1. The van der Waals surface area contributed by atoms with Gasteiger partial charge in [0, 0.05) is 29.9 Å². The molecule has 0 spiro atoms. The number of carbonyl (C=O) groups is 1. The molecular weight excluding hydrogens is 300 g/mol. The molecule has 4 heteroatoms. The third kappa shape index (κ3) is 2.87. The van der Waals surface area contributed by atoms with Gasteiger partial charge in [0.05, 0.1) is 7.11 Å². The van der Waals surface area contributed by atoms with Crippen LogP contribution < -0.4 is 4.74 Å². The number of aromatic nitrogens is 1. The average molecular weight is 320 g/mol. The summed E-state index contributed by atoms with van der Waals surface area (Å²) in [6.07, 6.45) is 4.11.